The maximum atomic E-state index is 5.83. The maximum Gasteiger partial charge on any atom is 0.218 e. The van der Waals surface area contributed by atoms with Gasteiger partial charge in [0, 0.05) is 18.3 Å². The summed E-state index contributed by atoms with van der Waals surface area (Å²) < 4.78 is 11.0. The minimum absolute atomic E-state index is 0.318. The minimum atomic E-state index is 0.318. The molecule has 1 aliphatic rings. The molecular formula is C12H18N2O2. The highest BCUT2D eigenvalue weighted by molar-refractivity contribution is 5.24. The molecule has 0 unspecified atom stereocenters. The van der Waals surface area contributed by atoms with E-state index in [-0.39, 0.29) is 0 Å². The summed E-state index contributed by atoms with van der Waals surface area (Å²) in [7, 11) is 1.63. The van der Waals surface area contributed by atoms with Crippen molar-refractivity contribution >= 4 is 0 Å². The highest BCUT2D eigenvalue weighted by Gasteiger charge is 2.14. The molecule has 4 heteroatoms. The van der Waals surface area contributed by atoms with Crippen LogP contribution in [-0.2, 0) is 11.3 Å². The molecule has 0 saturated carbocycles. The zero-order chi connectivity index (χ0) is 11.2. The SMILES string of the molecule is COc1ncccc1CO[C@H]1CCCNC1. The van der Waals surface area contributed by atoms with E-state index in [0.717, 1.165) is 25.1 Å². The second-order valence-electron chi connectivity index (χ2n) is 3.95. The molecule has 2 heterocycles. The van der Waals surface area contributed by atoms with Crippen LogP contribution >= 0.6 is 0 Å². The predicted octanol–water partition coefficient (Wildman–Crippen LogP) is 1.36. The predicted molar refractivity (Wildman–Crippen MR) is 61.5 cm³/mol. The van der Waals surface area contributed by atoms with E-state index < -0.39 is 0 Å². The van der Waals surface area contributed by atoms with Gasteiger partial charge in [0.1, 0.15) is 0 Å². The first-order valence-corrected chi connectivity index (χ1v) is 5.70. The van der Waals surface area contributed by atoms with E-state index in [1.165, 1.54) is 6.42 Å². The third-order valence-electron chi connectivity index (χ3n) is 2.77. The van der Waals surface area contributed by atoms with Crippen molar-refractivity contribution in [2.45, 2.75) is 25.6 Å². The number of pyridine rings is 1. The van der Waals surface area contributed by atoms with Crippen molar-refractivity contribution in [3.05, 3.63) is 23.9 Å². The van der Waals surface area contributed by atoms with Crippen molar-refractivity contribution < 1.29 is 9.47 Å². The third kappa shape index (κ3) is 2.93. The van der Waals surface area contributed by atoms with Crippen LogP contribution in [0.3, 0.4) is 0 Å². The summed E-state index contributed by atoms with van der Waals surface area (Å²) in [6.45, 7) is 2.63. The van der Waals surface area contributed by atoms with Gasteiger partial charge in [-0.05, 0) is 31.5 Å². The van der Waals surface area contributed by atoms with Crippen LogP contribution in [0, 0.1) is 0 Å². The van der Waals surface area contributed by atoms with Gasteiger partial charge >= 0.3 is 0 Å². The molecule has 1 aliphatic heterocycles. The van der Waals surface area contributed by atoms with Crippen molar-refractivity contribution in [1.29, 1.82) is 0 Å². The summed E-state index contributed by atoms with van der Waals surface area (Å²) in [6, 6.07) is 3.89. The summed E-state index contributed by atoms with van der Waals surface area (Å²) in [6.07, 6.45) is 4.37. The fraction of sp³-hybridized carbons (Fsp3) is 0.583. The van der Waals surface area contributed by atoms with Crippen molar-refractivity contribution in [1.82, 2.24) is 10.3 Å². The zero-order valence-corrected chi connectivity index (χ0v) is 9.61. The number of hydrogen-bond acceptors (Lipinski definition) is 4. The summed E-state index contributed by atoms with van der Waals surface area (Å²) in [5.41, 5.74) is 1.01. The van der Waals surface area contributed by atoms with Gasteiger partial charge in [-0.15, -0.1) is 0 Å². The molecule has 2 rings (SSSR count). The normalized spacial score (nSPS) is 20.7. The Morgan fingerprint density at radius 2 is 2.50 bits per heavy atom. The number of methoxy groups -OCH3 is 1. The van der Waals surface area contributed by atoms with Crippen LogP contribution in [0.4, 0.5) is 0 Å². The minimum Gasteiger partial charge on any atom is -0.481 e. The average molecular weight is 222 g/mol. The van der Waals surface area contributed by atoms with Crippen LogP contribution in [0.1, 0.15) is 18.4 Å². The molecule has 0 bridgehead atoms. The highest BCUT2D eigenvalue weighted by atomic mass is 16.5. The molecule has 1 aromatic rings. The molecule has 1 N–H and O–H groups in total. The summed E-state index contributed by atoms with van der Waals surface area (Å²) >= 11 is 0. The van der Waals surface area contributed by atoms with Gasteiger partial charge in [-0.1, -0.05) is 0 Å². The van der Waals surface area contributed by atoms with E-state index in [1.54, 1.807) is 13.3 Å². The van der Waals surface area contributed by atoms with E-state index in [0.29, 0.717) is 18.6 Å². The molecule has 1 saturated heterocycles. The van der Waals surface area contributed by atoms with Gasteiger partial charge in [0.05, 0.1) is 19.8 Å². The van der Waals surface area contributed by atoms with E-state index in [2.05, 4.69) is 10.3 Å². The van der Waals surface area contributed by atoms with Gasteiger partial charge in [-0.25, -0.2) is 4.98 Å². The Morgan fingerprint density at radius 3 is 3.25 bits per heavy atom. The Kier molecular flexibility index (Phi) is 4.13. The Morgan fingerprint density at radius 1 is 1.56 bits per heavy atom. The Labute approximate surface area is 96.0 Å². The number of hydrogen-bond donors (Lipinski definition) is 1. The maximum absolute atomic E-state index is 5.83. The molecular weight excluding hydrogens is 204 g/mol. The molecule has 1 atom stereocenters. The molecule has 0 amide bonds. The van der Waals surface area contributed by atoms with Crippen molar-refractivity contribution in [3.63, 3.8) is 0 Å². The standard InChI is InChI=1S/C12H18N2O2/c1-15-12-10(4-2-7-14-12)9-16-11-5-3-6-13-8-11/h2,4,7,11,13H,3,5-6,8-9H2,1H3/t11-/m0/s1. The Balaban J connectivity index is 1.88. The van der Waals surface area contributed by atoms with E-state index in [1.807, 2.05) is 12.1 Å². The first-order valence-electron chi connectivity index (χ1n) is 5.70. The topological polar surface area (TPSA) is 43.4 Å². The Bertz CT molecular complexity index is 325. The Hall–Kier alpha value is -1.13. The summed E-state index contributed by atoms with van der Waals surface area (Å²) in [5, 5.41) is 3.33. The summed E-state index contributed by atoms with van der Waals surface area (Å²) in [5.74, 6) is 0.659. The van der Waals surface area contributed by atoms with Crippen LogP contribution in [0.25, 0.3) is 0 Å². The van der Waals surface area contributed by atoms with E-state index >= 15 is 0 Å². The number of nitrogens with zero attached hydrogens (tertiary/aromatic N) is 1. The fourth-order valence-corrected chi connectivity index (χ4v) is 1.89. The van der Waals surface area contributed by atoms with E-state index in [9.17, 15) is 0 Å². The number of aromatic nitrogens is 1. The third-order valence-corrected chi connectivity index (χ3v) is 2.77. The highest BCUT2D eigenvalue weighted by Crippen LogP contribution is 2.16. The van der Waals surface area contributed by atoms with Crippen molar-refractivity contribution in [3.8, 4) is 5.88 Å². The van der Waals surface area contributed by atoms with Gasteiger partial charge in [-0.3, -0.25) is 0 Å². The van der Waals surface area contributed by atoms with Gasteiger partial charge in [0.25, 0.3) is 0 Å². The lowest BCUT2D eigenvalue weighted by atomic mass is 10.1. The number of nitrogens with one attached hydrogen (secondary N) is 1. The molecule has 0 radical (unpaired) electrons. The van der Waals surface area contributed by atoms with Gasteiger partial charge in [0.2, 0.25) is 5.88 Å². The lowest BCUT2D eigenvalue weighted by molar-refractivity contribution is 0.0242. The van der Waals surface area contributed by atoms with Gasteiger partial charge in [-0.2, -0.15) is 0 Å². The van der Waals surface area contributed by atoms with Gasteiger partial charge < -0.3 is 14.8 Å². The van der Waals surface area contributed by atoms with Crippen LogP contribution in [0.2, 0.25) is 0 Å². The second-order valence-corrected chi connectivity index (χ2v) is 3.95. The molecule has 16 heavy (non-hydrogen) atoms. The monoisotopic (exact) mass is 222 g/mol. The molecule has 4 nitrogen and oxygen atoms in total. The molecule has 88 valence electrons. The average Bonchev–Trinajstić information content (AvgIpc) is 2.38. The zero-order valence-electron chi connectivity index (χ0n) is 9.61. The molecule has 1 aromatic heterocycles. The number of piperidine rings is 1. The molecule has 0 aliphatic carbocycles. The lowest BCUT2D eigenvalue weighted by Gasteiger charge is -2.23. The first-order chi connectivity index (χ1) is 7.90. The van der Waals surface area contributed by atoms with Gasteiger partial charge in [0.15, 0.2) is 0 Å². The fourth-order valence-electron chi connectivity index (χ4n) is 1.89. The van der Waals surface area contributed by atoms with Crippen molar-refractivity contribution in [2.75, 3.05) is 20.2 Å². The first kappa shape index (κ1) is 11.4. The largest absolute Gasteiger partial charge is 0.481 e. The number of rotatable bonds is 4. The molecule has 0 spiro atoms. The quantitative estimate of drug-likeness (QED) is 0.835. The van der Waals surface area contributed by atoms with E-state index in [4.69, 9.17) is 9.47 Å². The molecule has 1 fully saturated rings. The number of ether oxygens (including phenoxy) is 2. The smallest absolute Gasteiger partial charge is 0.218 e. The van der Waals surface area contributed by atoms with Crippen LogP contribution in [0.5, 0.6) is 5.88 Å². The van der Waals surface area contributed by atoms with Crippen LogP contribution in [-0.4, -0.2) is 31.3 Å². The second kappa shape index (κ2) is 5.82. The molecule has 0 aromatic carbocycles. The van der Waals surface area contributed by atoms with Crippen LogP contribution in [0.15, 0.2) is 18.3 Å². The summed E-state index contributed by atoms with van der Waals surface area (Å²) in [4.78, 5) is 4.14. The van der Waals surface area contributed by atoms with Crippen molar-refractivity contribution in [2.24, 2.45) is 0 Å². The lowest BCUT2D eigenvalue weighted by Crippen LogP contribution is -2.35. The van der Waals surface area contributed by atoms with Crippen LogP contribution < -0.4 is 10.1 Å².